The van der Waals surface area contributed by atoms with E-state index in [0.717, 1.165) is 35.8 Å². The Labute approximate surface area is 160 Å². The number of rotatable bonds is 7. The van der Waals surface area contributed by atoms with Crippen LogP contribution in [0.2, 0.25) is 0 Å². The highest BCUT2D eigenvalue weighted by atomic mass is 15.1. The van der Waals surface area contributed by atoms with E-state index in [9.17, 15) is 0 Å². The molecule has 0 aliphatic rings. The van der Waals surface area contributed by atoms with Crippen LogP contribution in [0.4, 0.5) is 28.4 Å². The molecule has 3 rings (SSSR count). The van der Waals surface area contributed by atoms with Crippen LogP contribution >= 0.6 is 0 Å². The van der Waals surface area contributed by atoms with Gasteiger partial charge in [-0.05, 0) is 74.5 Å². The van der Waals surface area contributed by atoms with Crippen LogP contribution in [0.15, 0.2) is 99.3 Å². The van der Waals surface area contributed by atoms with Crippen molar-refractivity contribution in [3.63, 3.8) is 0 Å². The van der Waals surface area contributed by atoms with Crippen LogP contribution in [0.1, 0.15) is 13.8 Å². The second kappa shape index (κ2) is 9.38. The summed E-state index contributed by atoms with van der Waals surface area (Å²) in [6, 6.07) is 25.3. The van der Waals surface area contributed by atoms with Gasteiger partial charge in [0.25, 0.3) is 0 Å². The maximum atomic E-state index is 4.30. The molecule has 5 nitrogen and oxygen atoms in total. The highest BCUT2D eigenvalue weighted by Crippen LogP contribution is 2.24. The van der Waals surface area contributed by atoms with Crippen LogP contribution < -0.4 is 4.90 Å². The van der Waals surface area contributed by atoms with Crippen molar-refractivity contribution in [2.24, 2.45) is 20.5 Å². The molecule has 0 spiro atoms. The number of azo groups is 2. The van der Waals surface area contributed by atoms with Crippen LogP contribution in [-0.2, 0) is 0 Å². The lowest BCUT2D eigenvalue weighted by Gasteiger charge is -2.20. The molecule has 5 heteroatoms. The van der Waals surface area contributed by atoms with E-state index in [1.54, 1.807) is 0 Å². The SMILES string of the molecule is CCN(CC)c1ccc(N=Nc2ccc(N=Nc3ccccc3)cc2)cc1. The first-order chi connectivity index (χ1) is 13.3. The summed E-state index contributed by atoms with van der Waals surface area (Å²) in [5.74, 6) is 0. The molecule has 136 valence electrons. The Hall–Kier alpha value is -3.34. The van der Waals surface area contributed by atoms with Crippen LogP contribution in [0.25, 0.3) is 0 Å². The fourth-order valence-electron chi connectivity index (χ4n) is 2.63. The first-order valence-corrected chi connectivity index (χ1v) is 9.12. The minimum atomic E-state index is 0.779. The van der Waals surface area contributed by atoms with Gasteiger partial charge in [0.05, 0.1) is 22.7 Å². The van der Waals surface area contributed by atoms with Crippen molar-refractivity contribution in [1.29, 1.82) is 0 Å². The molecule has 27 heavy (non-hydrogen) atoms. The topological polar surface area (TPSA) is 52.7 Å². The lowest BCUT2D eigenvalue weighted by atomic mass is 10.2. The maximum absolute atomic E-state index is 4.30. The average molecular weight is 357 g/mol. The Morgan fingerprint density at radius 1 is 0.519 bits per heavy atom. The van der Waals surface area contributed by atoms with Crippen molar-refractivity contribution in [2.75, 3.05) is 18.0 Å². The molecule has 0 atom stereocenters. The molecular weight excluding hydrogens is 334 g/mol. The number of hydrogen-bond donors (Lipinski definition) is 0. The van der Waals surface area contributed by atoms with Crippen molar-refractivity contribution in [3.05, 3.63) is 78.9 Å². The quantitative estimate of drug-likeness (QED) is 0.407. The van der Waals surface area contributed by atoms with Gasteiger partial charge >= 0.3 is 0 Å². The second-order valence-corrected chi connectivity index (χ2v) is 5.94. The lowest BCUT2D eigenvalue weighted by molar-refractivity contribution is 0.866. The zero-order chi connectivity index (χ0) is 18.9. The van der Waals surface area contributed by atoms with Gasteiger partial charge in [-0.2, -0.15) is 20.5 Å². The summed E-state index contributed by atoms with van der Waals surface area (Å²) >= 11 is 0. The zero-order valence-corrected chi connectivity index (χ0v) is 15.7. The Kier molecular flexibility index (Phi) is 6.41. The van der Waals surface area contributed by atoms with Crippen LogP contribution in [0, 0.1) is 0 Å². The van der Waals surface area contributed by atoms with Gasteiger partial charge in [0, 0.05) is 18.8 Å². The highest BCUT2D eigenvalue weighted by molar-refractivity contribution is 5.53. The molecule has 0 aromatic heterocycles. The van der Waals surface area contributed by atoms with E-state index in [1.807, 2.05) is 66.7 Å². The van der Waals surface area contributed by atoms with Crippen molar-refractivity contribution < 1.29 is 0 Å². The summed E-state index contributed by atoms with van der Waals surface area (Å²) in [5.41, 5.74) is 4.42. The van der Waals surface area contributed by atoms with E-state index in [-0.39, 0.29) is 0 Å². The normalized spacial score (nSPS) is 11.3. The molecule has 0 amide bonds. The van der Waals surface area contributed by atoms with Crippen molar-refractivity contribution in [3.8, 4) is 0 Å². The Morgan fingerprint density at radius 2 is 0.889 bits per heavy atom. The number of benzene rings is 3. The molecule has 0 aliphatic carbocycles. The predicted molar refractivity (Wildman–Crippen MR) is 111 cm³/mol. The van der Waals surface area contributed by atoms with Gasteiger partial charge in [-0.1, -0.05) is 18.2 Å². The summed E-state index contributed by atoms with van der Waals surface area (Å²) in [7, 11) is 0. The fourth-order valence-corrected chi connectivity index (χ4v) is 2.63. The smallest absolute Gasteiger partial charge is 0.0858 e. The molecule has 0 unspecified atom stereocenters. The molecule has 0 fully saturated rings. The van der Waals surface area contributed by atoms with E-state index in [0.29, 0.717) is 0 Å². The minimum absolute atomic E-state index is 0.779. The maximum Gasteiger partial charge on any atom is 0.0858 e. The third kappa shape index (κ3) is 5.31. The number of hydrogen-bond acceptors (Lipinski definition) is 5. The molecule has 0 bridgehead atoms. The molecule has 3 aromatic rings. The third-order valence-electron chi connectivity index (χ3n) is 4.15. The van der Waals surface area contributed by atoms with Crippen molar-refractivity contribution in [1.82, 2.24) is 0 Å². The monoisotopic (exact) mass is 357 g/mol. The Bertz CT molecular complexity index is 880. The highest BCUT2D eigenvalue weighted by Gasteiger charge is 2.01. The number of nitrogens with zero attached hydrogens (tertiary/aromatic N) is 5. The van der Waals surface area contributed by atoms with Gasteiger partial charge in [-0.15, -0.1) is 0 Å². The van der Waals surface area contributed by atoms with E-state index < -0.39 is 0 Å². The summed E-state index contributed by atoms with van der Waals surface area (Å²) in [6.07, 6.45) is 0. The molecule has 0 N–H and O–H groups in total. The molecule has 0 aliphatic heterocycles. The molecule has 0 saturated carbocycles. The molecular formula is C22H23N5. The minimum Gasteiger partial charge on any atom is -0.372 e. The van der Waals surface area contributed by atoms with Crippen LogP contribution in [-0.4, -0.2) is 13.1 Å². The van der Waals surface area contributed by atoms with Gasteiger partial charge < -0.3 is 4.90 Å². The third-order valence-corrected chi connectivity index (χ3v) is 4.15. The average Bonchev–Trinajstić information content (AvgIpc) is 2.74. The van der Waals surface area contributed by atoms with Crippen LogP contribution in [0.3, 0.4) is 0 Å². The molecule has 3 aromatic carbocycles. The summed E-state index contributed by atoms with van der Waals surface area (Å²) in [4.78, 5) is 2.30. The Balaban J connectivity index is 1.63. The van der Waals surface area contributed by atoms with Gasteiger partial charge in [0.15, 0.2) is 0 Å². The predicted octanol–water partition coefficient (Wildman–Crippen LogP) is 7.36. The van der Waals surface area contributed by atoms with Crippen LogP contribution in [0.5, 0.6) is 0 Å². The standard InChI is InChI=1S/C22H23N5/c1-3-27(4-2)22-16-14-21(15-17-22)26-25-20-12-10-19(11-13-20)24-23-18-8-6-5-7-9-18/h5-17H,3-4H2,1-2H3. The lowest BCUT2D eigenvalue weighted by Crippen LogP contribution is -2.21. The van der Waals surface area contributed by atoms with E-state index >= 15 is 0 Å². The van der Waals surface area contributed by atoms with Gasteiger partial charge in [0.2, 0.25) is 0 Å². The van der Waals surface area contributed by atoms with Gasteiger partial charge in [0.1, 0.15) is 0 Å². The van der Waals surface area contributed by atoms with Gasteiger partial charge in [-0.3, -0.25) is 0 Å². The largest absolute Gasteiger partial charge is 0.372 e. The van der Waals surface area contributed by atoms with Crippen molar-refractivity contribution >= 4 is 28.4 Å². The molecule has 0 radical (unpaired) electrons. The molecule has 0 saturated heterocycles. The van der Waals surface area contributed by atoms with Crippen molar-refractivity contribution in [2.45, 2.75) is 13.8 Å². The number of anilines is 1. The second-order valence-electron chi connectivity index (χ2n) is 5.94. The van der Waals surface area contributed by atoms with E-state index in [1.165, 1.54) is 5.69 Å². The summed E-state index contributed by atoms with van der Waals surface area (Å²) in [6.45, 7) is 6.29. The van der Waals surface area contributed by atoms with Gasteiger partial charge in [-0.25, -0.2) is 0 Å². The summed E-state index contributed by atoms with van der Waals surface area (Å²) < 4.78 is 0. The zero-order valence-electron chi connectivity index (χ0n) is 15.7. The Morgan fingerprint density at radius 3 is 1.30 bits per heavy atom. The first kappa shape index (κ1) is 18.5. The first-order valence-electron chi connectivity index (χ1n) is 9.12. The fraction of sp³-hybridized carbons (Fsp3) is 0.182. The molecule has 0 heterocycles. The van der Waals surface area contributed by atoms with E-state index in [2.05, 4.69) is 51.3 Å². The summed E-state index contributed by atoms with van der Waals surface area (Å²) in [5, 5.41) is 17.0. The van der Waals surface area contributed by atoms with E-state index in [4.69, 9.17) is 0 Å².